The lowest BCUT2D eigenvalue weighted by molar-refractivity contribution is 0.1000. The predicted octanol–water partition coefficient (Wildman–Crippen LogP) is 3.73. The van der Waals surface area contributed by atoms with Crippen molar-refractivity contribution in [2.45, 2.75) is 52.5 Å². The summed E-state index contributed by atoms with van der Waals surface area (Å²) in [5.74, 6) is -0.452. The maximum absolute atomic E-state index is 13.3. The molecule has 1 atom stereocenters. The van der Waals surface area contributed by atoms with Crippen molar-refractivity contribution in [3.05, 3.63) is 56.3 Å². The average molecular weight is 439 g/mol. The van der Waals surface area contributed by atoms with Crippen LogP contribution in [0, 0.1) is 5.92 Å². The first-order chi connectivity index (χ1) is 14.9. The Morgan fingerprint density at radius 1 is 1.29 bits per heavy atom. The molecule has 1 aliphatic rings. The largest absolute Gasteiger partial charge is 0.365 e. The van der Waals surface area contributed by atoms with Crippen molar-refractivity contribution >= 4 is 38.9 Å². The maximum atomic E-state index is 13.3. The number of nitrogens with zero attached hydrogens (tertiary/aromatic N) is 2. The molecule has 0 bridgehead atoms. The van der Waals surface area contributed by atoms with Gasteiger partial charge < -0.3 is 11.1 Å². The van der Waals surface area contributed by atoms with E-state index in [9.17, 15) is 14.4 Å². The van der Waals surface area contributed by atoms with E-state index in [1.54, 1.807) is 24.3 Å². The van der Waals surface area contributed by atoms with Gasteiger partial charge in [0, 0.05) is 16.8 Å². The van der Waals surface area contributed by atoms with E-state index in [2.05, 4.69) is 17.3 Å². The summed E-state index contributed by atoms with van der Waals surface area (Å²) in [6.45, 7) is 4.66. The van der Waals surface area contributed by atoms with Crippen LogP contribution < -0.4 is 16.6 Å². The highest BCUT2D eigenvalue weighted by atomic mass is 32.1. The molecule has 1 aromatic carbocycles. The average Bonchev–Trinajstić information content (AvgIpc) is 3.10. The predicted molar refractivity (Wildman–Crippen MR) is 123 cm³/mol. The first kappa shape index (κ1) is 21.2. The van der Waals surface area contributed by atoms with Gasteiger partial charge in [-0.2, -0.15) is 5.10 Å². The number of nitrogens with one attached hydrogen (secondary N) is 1. The van der Waals surface area contributed by atoms with E-state index in [4.69, 9.17) is 5.73 Å². The van der Waals surface area contributed by atoms with Crippen molar-refractivity contribution in [2.24, 2.45) is 11.7 Å². The number of hydrogen-bond acceptors (Lipinski definition) is 5. The number of nitrogens with two attached hydrogens (primary N) is 1. The van der Waals surface area contributed by atoms with Crippen molar-refractivity contribution < 1.29 is 9.59 Å². The van der Waals surface area contributed by atoms with Gasteiger partial charge in [-0.15, -0.1) is 11.3 Å². The smallest absolute Gasteiger partial charge is 0.277 e. The van der Waals surface area contributed by atoms with Gasteiger partial charge in [0.15, 0.2) is 5.69 Å². The van der Waals surface area contributed by atoms with Gasteiger partial charge in [0.2, 0.25) is 0 Å². The van der Waals surface area contributed by atoms with Crippen LogP contribution in [0.5, 0.6) is 0 Å². The highest BCUT2D eigenvalue weighted by Gasteiger charge is 2.28. The second-order valence-electron chi connectivity index (χ2n) is 8.15. The summed E-state index contributed by atoms with van der Waals surface area (Å²) in [6, 6.07) is 6.98. The lowest BCUT2D eigenvalue weighted by Crippen LogP contribution is -2.28. The van der Waals surface area contributed by atoms with E-state index in [1.807, 2.05) is 6.92 Å². The quantitative estimate of drug-likeness (QED) is 0.611. The van der Waals surface area contributed by atoms with Gasteiger partial charge in [-0.1, -0.05) is 38.5 Å². The fraction of sp³-hybridized carbons (Fsp3) is 0.391. The summed E-state index contributed by atoms with van der Waals surface area (Å²) in [4.78, 5) is 39.4. The molecular weight excluding hydrogens is 412 g/mol. The fourth-order valence-corrected chi connectivity index (χ4v) is 5.54. The molecule has 0 unspecified atom stereocenters. The number of hydrogen-bond donors (Lipinski definition) is 2. The van der Waals surface area contributed by atoms with Gasteiger partial charge in [-0.3, -0.25) is 14.4 Å². The Morgan fingerprint density at radius 3 is 2.74 bits per heavy atom. The van der Waals surface area contributed by atoms with Crippen molar-refractivity contribution in [2.75, 3.05) is 5.32 Å². The zero-order valence-electron chi connectivity index (χ0n) is 17.7. The van der Waals surface area contributed by atoms with Gasteiger partial charge >= 0.3 is 0 Å². The molecule has 7 nitrogen and oxygen atoms in total. The highest BCUT2D eigenvalue weighted by Crippen LogP contribution is 2.39. The zero-order chi connectivity index (χ0) is 22.1. The SMILES string of the molecule is CCCCn1nc(C(=O)Nc2sc3c(c2C(N)=O)CC[C@H](C)C3)c2ccccc2c1=O. The van der Waals surface area contributed by atoms with Gasteiger partial charge in [0.05, 0.1) is 10.9 Å². The van der Waals surface area contributed by atoms with Crippen molar-refractivity contribution in [1.29, 1.82) is 0 Å². The Hall–Kier alpha value is -3.00. The second kappa shape index (κ2) is 8.63. The molecular formula is C23H26N4O3S. The number of aryl methyl sites for hydroxylation is 1. The third-order valence-electron chi connectivity index (χ3n) is 5.79. The van der Waals surface area contributed by atoms with Crippen LogP contribution >= 0.6 is 11.3 Å². The highest BCUT2D eigenvalue weighted by molar-refractivity contribution is 7.17. The topological polar surface area (TPSA) is 107 Å². The van der Waals surface area contributed by atoms with Crippen LogP contribution in [0.1, 0.15) is 64.4 Å². The number of carbonyl (C=O) groups excluding carboxylic acids is 2. The van der Waals surface area contributed by atoms with Gasteiger partial charge in [0.25, 0.3) is 17.4 Å². The van der Waals surface area contributed by atoms with E-state index >= 15 is 0 Å². The minimum absolute atomic E-state index is 0.168. The van der Waals surface area contributed by atoms with E-state index in [-0.39, 0.29) is 11.3 Å². The van der Waals surface area contributed by atoms with E-state index in [0.29, 0.717) is 33.8 Å². The van der Waals surface area contributed by atoms with Crippen LogP contribution in [0.15, 0.2) is 29.1 Å². The molecule has 0 radical (unpaired) electrons. The van der Waals surface area contributed by atoms with E-state index in [0.717, 1.165) is 42.5 Å². The van der Waals surface area contributed by atoms with Gasteiger partial charge in [0.1, 0.15) is 5.00 Å². The second-order valence-corrected chi connectivity index (χ2v) is 9.26. The number of rotatable bonds is 6. The lowest BCUT2D eigenvalue weighted by Gasteiger charge is -2.18. The maximum Gasteiger partial charge on any atom is 0.277 e. The summed E-state index contributed by atoms with van der Waals surface area (Å²) < 4.78 is 1.36. The van der Waals surface area contributed by atoms with E-state index in [1.165, 1.54) is 16.0 Å². The molecule has 3 aromatic rings. The summed E-state index contributed by atoms with van der Waals surface area (Å²) in [5, 5.41) is 8.67. The Morgan fingerprint density at radius 2 is 2.03 bits per heavy atom. The fourth-order valence-electron chi connectivity index (χ4n) is 4.12. The molecule has 162 valence electrons. The molecule has 0 aliphatic heterocycles. The van der Waals surface area contributed by atoms with Crippen LogP contribution in [-0.2, 0) is 19.4 Å². The molecule has 2 aromatic heterocycles. The first-order valence-corrected chi connectivity index (χ1v) is 11.5. The monoisotopic (exact) mass is 438 g/mol. The number of carbonyl (C=O) groups is 2. The Balaban J connectivity index is 1.77. The molecule has 0 saturated carbocycles. The lowest BCUT2D eigenvalue weighted by atomic mass is 9.88. The number of benzene rings is 1. The summed E-state index contributed by atoms with van der Waals surface area (Å²) in [5.41, 5.74) is 7.00. The number of unbranched alkanes of at least 4 members (excludes halogenated alkanes) is 1. The molecule has 4 rings (SSSR count). The van der Waals surface area contributed by atoms with Gasteiger partial charge in [-0.25, -0.2) is 4.68 Å². The van der Waals surface area contributed by atoms with Crippen molar-refractivity contribution in [3.8, 4) is 0 Å². The minimum Gasteiger partial charge on any atom is -0.365 e. The normalized spacial score (nSPS) is 15.6. The molecule has 2 amide bonds. The Kier molecular flexibility index (Phi) is 5.91. The number of thiophene rings is 1. The Labute approximate surface area is 184 Å². The van der Waals surface area contributed by atoms with Crippen LogP contribution in [0.4, 0.5) is 5.00 Å². The van der Waals surface area contributed by atoms with Crippen molar-refractivity contribution in [3.63, 3.8) is 0 Å². The summed E-state index contributed by atoms with van der Waals surface area (Å²) >= 11 is 1.41. The summed E-state index contributed by atoms with van der Waals surface area (Å²) in [6.07, 6.45) is 4.34. The molecule has 0 fully saturated rings. The number of anilines is 1. The first-order valence-electron chi connectivity index (χ1n) is 10.7. The molecule has 0 spiro atoms. The van der Waals surface area contributed by atoms with Crippen LogP contribution in [-0.4, -0.2) is 21.6 Å². The standard InChI is InChI=1S/C23H26N4O3S/c1-3-4-11-27-23(30)15-8-6-5-7-14(15)19(26-27)21(29)25-22-18(20(24)28)16-10-9-13(2)12-17(16)31-22/h5-8,13H,3-4,9-12H2,1-2H3,(H2,24,28)(H,25,29)/t13-/m0/s1. The molecule has 2 heterocycles. The summed E-state index contributed by atoms with van der Waals surface area (Å²) in [7, 11) is 0. The number of primary amides is 1. The minimum atomic E-state index is -0.534. The molecule has 3 N–H and O–H groups in total. The molecule has 1 aliphatic carbocycles. The number of aromatic nitrogens is 2. The molecule has 0 saturated heterocycles. The van der Waals surface area contributed by atoms with Crippen LogP contribution in [0.3, 0.4) is 0 Å². The third-order valence-corrected chi connectivity index (χ3v) is 6.96. The van der Waals surface area contributed by atoms with Gasteiger partial charge in [-0.05, 0) is 43.2 Å². The van der Waals surface area contributed by atoms with Crippen LogP contribution in [0.2, 0.25) is 0 Å². The zero-order valence-corrected chi connectivity index (χ0v) is 18.6. The number of amides is 2. The molecule has 8 heteroatoms. The van der Waals surface area contributed by atoms with Crippen molar-refractivity contribution in [1.82, 2.24) is 9.78 Å². The Bertz CT molecular complexity index is 1230. The molecule has 31 heavy (non-hydrogen) atoms. The number of fused-ring (bicyclic) bond motifs is 2. The third kappa shape index (κ3) is 3.99. The van der Waals surface area contributed by atoms with Crippen LogP contribution in [0.25, 0.3) is 10.8 Å². The van der Waals surface area contributed by atoms with E-state index < -0.39 is 11.8 Å².